The number of anilines is 1. The number of carbonyl (C=O) groups excluding carboxylic acids is 1. The third kappa shape index (κ3) is 2.01. The van der Waals surface area contributed by atoms with Gasteiger partial charge < -0.3 is 9.84 Å². The number of fused-ring (bicyclic) bond motifs is 1. The number of ether oxygens (including phenoxy) is 1. The quantitative estimate of drug-likeness (QED) is 0.630. The number of nitrogens with zero attached hydrogens (tertiary/aromatic N) is 1. The Bertz CT molecular complexity index is 576. The van der Waals surface area contributed by atoms with Gasteiger partial charge in [-0.2, -0.15) is 0 Å². The predicted molar refractivity (Wildman–Crippen MR) is 71.5 cm³/mol. The second-order valence-corrected chi connectivity index (χ2v) is 4.97. The summed E-state index contributed by atoms with van der Waals surface area (Å²) in [4.78, 5) is 11.6. The van der Waals surface area contributed by atoms with Gasteiger partial charge in [-0.25, -0.2) is 4.79 Å². The molecule has 1 saturated carbocycles. The molecule has 2 N–H and O–H groups in total. The van der Waals surface area contributed by atoms with E-state index in [0.717, 1.165) is 5.56 Å². The smallest absolute Gasteiger partial charge is 0.338 e. The largest absolute Gasteiger partial charge is 0.506 e. The third-order valence-electron chi connectivity index (χ3n) is 3.53. The molecule has 0 spiro atoms. The number of aromatic hydroxyl groups is 1. The van der Waals surface area contributed by atoms with Crippen LogP contribution >= 0.6 is 0 Å². The molecule has 5 nitrogen and oxygen atoms in total. The Morgan fingerprint density at radius 1 is 1.47 bits per heavy atom. The van der Waals surface area contributed by atoms with Crippen LogP contribution in [0.3, 0.4) is 0 Å². The van der Waals surface area contributed by atoms with Gasteiger partial charge >= 0.3 is 5.97 Å². The van der Waals surface area contributed by atoms with Crippen LogP contribution in [0, 0.1) is 5.92 Å². The van der Waals surface area contributed by atoms with Crippen molar-refractivity contribution in [3.8, 4) is 5.75 Å². The molecule has 3 rings (SSSR count). The van der Waals surface area contributed by atoms with E-state index in [1.54, 1.807) is 6.07 Å². The van der Waals surface area contributed by atoms with Crippen LogP contribution in [0.5, 0.6) is 5.75 Å². The topological polar surface area (TPSA) is 61.8 Å². The Balaban J connectivity index is 2.07. The summed E-state index contributed by atoms with van der Waals surface area (Å²) in [5.74, 6) is 0.184. The molecule has 0 saturated heterocycles. The molecule has 0 radical (unpaired) electrons. The van der Waals surface area contributed by atoms with Crippen LogP contribution < -0.4 is 5.43 Å². The number of hydrazine groups is 1. The van der Waals surface area contributed by atoms with Gasteiger partial charge in [0.05, 0.1) is 12.7 Å². The highest BCUT2D eigenvalue weighted by Gasteiger charge is 2.31. The summed E-state index contributed by atoms with van der Waals surface area (Å²) >= 11 is 0. The molecular weight excluding hydrogens is 244 g/mol. The number of esters is 1. The summed E-state index contributed by atoms with van der Waals surface area (Å²) in [5.41, 5.74) is 6.14. The number of allylic oxidation sites excluding steroid dienone is 1. The van der Waals surface area contributed by atoms with Gasteiger partial charge in [0.25, 0.3) is 0 Å². The second kappa shape index (κ2) is 4.19. The number of phenols is 1. The Kier molecular flexibility index (Phi) is 2.62. The fourth-order valence-electron chi connectivity index (χ4n) is 2.38. The first-order chi connectivity index (χ1) is 9.10. The molecule has 1 fully saturated rings. The van der Waals surface area contributed by atoms with E-state index in [-0.39, 0.29) is 5.75 Å². The predicted octanol–water partition coefficient (Wildman–Crippen LogP) is 2.20. The minimum Gasteiger partial charge on any atom is -0.506 e. The number of carbonyl (C=O) groups is 1. The Labute approximate surface area is 111 Å². The van der Waals surface area contributed by atoms with Crippen LogP contribution in [0.25, 0.3) is 6.08 Å². The molecule has 0 aromatic heterocycles. The lowest BCUT2D eigenvalue weighted by Gasteiger charge is -2.30. The molecule has 2 aliphatic rings. The Morgan fingerprint density at radius 2 is 2.21 bits per heavy atom. The van der Waals surface area contributed by atoms with Crippen molar-refractivity contribution in [1.82, 2.24) is 5.01 Å². The number of benzene rings is 1. The van der Waals surface area contributed by atoms with Crippen molar-refractivity contribution in [3.05, 3.63) is 29.0 Å². The van der Waals surface area contributed by atoms with Crippen molar-refractivity contribution in [3.63, 3.8) is 0 Å². The first kappa shape index (κ1) is 11.9. The van der Waals surface area contributed by atoms with Gasteiger partial charge in [0.2, 0.25) is 0 Å². The van der Waals surface area contributed by atoms with Crippen molar-refractivity contribution in [2.45, 2.75) is 12.8 Å². The maximum atomic E-state index is 11.6. The molecule has 1 heterocycles. The van der Waals surface area contributed by atoms with E-state index >= 15 is 0 Å². The monoisotopic (exact) mass is 260 g/mol. The summed E-state index contributed by atoms with van der Waals surface area (Å²) in [6.45, 7) is 0. The van der Waals surface area contributed by atoms with E-state index in [1.165, 1.54) is 31.7 Å². The molecule has 1 aromatic carbocycles. The fraction of sp³-hybridized carbons (Fsp3) is 0.357. The number of hydrogen-bond donors (Lipinski definition) is 2. The van der Waals surface area contributed by atoms with Gasteiger partial charge in [-0.15, -0.1) is 0 Å². The van der Waals surface area contributed by atoms with Gasteiger partial charge in [-0.05, 0) is 31.1 Å². The highest BCUT2D eigenvalue weighted by Crippen LogP contribution is 2.43. The third-order valence-corrected chi connectivity index (χ3v) is 3.53. The van der Waals surface area contributed by atoms with Gasteiger partial charge in [0.15, 0.2) is 0 Å². The van der Waals surface area contributed by atoms with Crippen LogP contribution in [0.1, 0.15) is 28.8 Å². The summed E-state index contributed by atoms with van der Waals surface area (Å²) in [7, 11) is 3.26. The summed E-state index contributed by atoms with van der Waals surface area (Å²) in [6, 6.07) is 3.16. The average Bonchev–Trinajstić information content (AvgIpc) is 3.22. The molecule has 0 unspecified atom stereocenters. The van der Waals surface area contributed by atoms with E-state index in [4.69, 9.17) is 0 Å². The van der Waals surface area contributed by atoms with Crippen molar-refractivity contribution >= 4 is 17.7 Å². The van der Waals surface area contributed by atoms with Crippen molar-refractivity contribution in [1.29, 1.82) is 0 Å². The highest BCUT2D eigenvalue weighted by molar-refractivity contribution is 5.93. The molecule has 19 heavy (non-hydrogen) atoms. The molecular formula is C14H16N2O3. The number of hydrogen-bond acceptors (Lipinski definition) is 5. The highest BCUT2D eigenvalue weighted by atomic mass is 16.5. The number of phenolic OH excluding ortho intramolecular Hbond substituents is 1. The lowest BCUT2D eigenvalue weighted by atomic mass is 10.0. The average molecular weight is 260 g/mol. The first-order valence-corrected chi connectivity index (χ1v) is 6.27. The SMILES string of the molecule is COC(=O)c1cc(O)c2c(c1)C=C(C1CC1)N(C)N2. The van der Waals surface area contributed by atoms with Gasteiger partial charge in [-0.1, -0.05) is 0 Å². The minimum absolute atomic E-state index is 0.0517. The molecule has 0 bridgehead atoms. The van der Waals surface area contributed by atoms with Crippen LogP contribution in [-0.2, 0) is 4.74 Å². The van der Waals surface area contributed by atoms with Gasteiger partial charge in [-0.3, -0.25) is 10.4 Å². The van der Waals surface area contributed by atoms with E-state index < -0.39 is 5.97 Å². The zero-order valence-corrected chi connectivity index (χ0v) is 10.9. The number of methoxy groups -OCH3 is 1. The maximum Gasteiger partial charge on any atom is 0.338 e. The minimum atomic E-state index is -0.446. The van der Waals surface area contributed by atoms with Gasteiger partial charge in [0.1, 0.15) is 11.4 Å². The van der Waals surface area contributed by atoms with Crippen LogP contribution in [0.15, 0.2) is 17.8 Å². The van der Waals surface area contributed by atoms with E-state index in [2.05, 4.69) is 10.2 Å². The van der Waals surface area contributed by atoms with Crippen LogP contribution in [0.2, 0.25) is 0 Å². The second-order valence-electron chi connectivity index (χ2n) is 4.97. The van der Waals surface area contributed by atoms with Crippen molar-refractivity contribution < 1.29 is 14.6 Å². The van der Waals surface area contributed by atoms with E-state index in [1.807, 2.05) is 18.1 Å². The van der Waals surface area contributed by atoms with Crippen LogP contribution in [-0.4, -0.2) is 30.2 Å². The fourth-order valence-corrected chi connectivity index (χ4v) is 2.38. The lowest BCUT2D eigenvalue weighted by molar-refractivity contribution is 0.0600. The molecule has 1 aliphatic heterocycles. The maximum absolute atomic E-state index is 11.6. The molecule has 0 atom stereocenters. The summed E-state index contributed by atoms with van der Waals surface area (Å²) in [6.07, 6.45) is 4.40. The van der Waals surface area contributed by atoms with E-state index in [9.17, 15) is 9.90 Å². The molecule has 0 amide bonds. The first-order valence-electron chi connectivity index (χ1n) is 6.27. The molecule has 1 aromatic rings. The zero-order chi connectivity index (χ0) is 13.6. The zero-order valence-electron chi connectivity index (χ0n) is 10.9. The van der Waals surface area contributed by atoms with Crippen molar-refractivity contribution in [2.24, 2.45) is 5.92 Å². The lowest BCUT2D eigenvalue weighted by Crippen LogP contribution is -2.28. The van der Waals surface area contributed by atoms with Crippen LogP contribution in [0.4, 0.5) is 5.69 Å². The normalized spacial score (nSPS) is 17.4. The van der Waals surface area contributed by atoms with Crippen molar-refractivity contribution in [2.75, 3.05) is 19.6 Å². The number of nitrogens with one attached hydrogen (secondary N) is 1. The van der Waals surface area contributed by atoms with Gasteiger partial charge in [0, 0.05) is 24.2 Å². The Hall–Kier alpha value is -2.17. The molecule has 5 heteroatoms. The van der Waals surface area contributed by atoms with E-state index in [0.29, 0.717) is 17.2 Å². The molecule has 1 aliphatic carbocycles. The summed E-state index contributed by atoms with van der Waals surface area (Å²) < 4.78 is 4.69. The summed E-state index contributed by atoms with van der Waals surface area (Å²) in [5, 5.41) is 11.9. The molecule has 100 valence electrons. The Morgan fingerprint density at radius 3 is 2.84 bits per heavy atom. The standard InChI is InChI=1S/C14H16N2O3/c1-16-11(8-3-4-8)6-9-5-10(14(18)19-2)7-12(17)13(9)15-16/h5-8,15,17H,3-4H2,1-2H3. The number of rotatable bonds is 2.